The van der Waals surface area contributed by atoms with Gasteiger partial charge in [-0.25, -0.2) is 15.0 Å². The molecule has 172 valence electrons. The third-order valence-corrected chi connectivity index (χ3v) is 5.32. The molecular weight excluding hydrogens is 471 g/mol. The maximum atomic E-state index is 13.7. The second-order valence-electron chi connectivity index (χ2n) is 7.56. The van der Waals surface area contributed by atoms with E-state index in [1.165, 1.54) is 23.2 Å². The minimum Gasteiger partial charge on any atom is -0.345 e. The zero-order valence-electron chi connectivity index (χ0n) is 17.5. The van der Waals surface area contributed by atoms with Crippen molar-refractivity contribution in [3.8, 4) is 16.8 Å². The van der Waals surface area contributed by atoms with Gasteiger partial charge in [-0.15, -0.1) is 0 Å². The van der Waals surface area contributed by atoms with Gasteiger partial charge in [0.15, 0.2) is 5.65 Å². The number of benzene rings is 1. The van der Waals surface area contributed by atoms with Crippen molar-refractivity contribution in [1.82, 2.24) is 29.3 Å². The van der Waals surface area contributed by atoms with E-state index >= 15 is 0 Å². The Kier molecular flexibility index (Phi) is 5.20. The van der Waals surface area contributed by atoms with Crippen molar-refractivity contribution in [2.45, 2.75) is 6.18 Å². The van der Waals surface area contributed by atoms with Gasteiger partial charge in [-0.05, 0) is 23.8 Å². The van der Waals surface area contributed by atoms with E-state index in [4.69, 9.17) is 11.6 Å². The van der Waals surface area contributed by atoms with Gasteiger partial charge in [0.05, 0.1) is 23.0 Å². The highest BCUT2D eigenvalue weighted by atomic mass is 35.5. The second-order valence-corrected chi connectivity index (χ2v) is 8.00. The summed E-state index contributed by atoms with van der Waals surface area (Å²) in [7, 11) is 1.77. The summed E-state index contributed by atoms with van der Waals surface area (Å²) < 4.78 is 41.0. The van der Waals surface area contributed by atoms with Gasteiger partial charge in [0.25, 0.3) is 5.56 Å². The van der Waals surface area contributed by atoms with Gasteiger partial charge in [-0.3, -0.25) is 14.0 Å². The highest BCUT2D eigenvalue weighted by Gasteiger charge is 2.27. The molecule has 0 bridgehead atoms. The molecule has 8 nitrogen and oxygen atoms in total. The summed E-state index contributed by atoms with van der Waals surface area (Å²) in [6.07, 6.45) is 1.75. The number of aromatic nitrogens is 6. The molecule has 0 amide bonds. The third-order valence-electron chi connectivity index (χ3n) is 5.07. The lowest BCUT2D eigenvalue weighted by atomic mass is 10.0. The molecule has 0 unspecified atom stereocenters. The predicted molar refractivity (Wildman–Crippen MR) is 122 cm³/mol. The zero-order chi connectivity index (χ0) is 24.0. The summed E-state index contributed by atoms with van der Waals surface area (Å²) in [5, 5.41) is 8.05. The van der Waals surface area contributed by atoms with E-state index in [2.05, 4.69) is 25.4 Å². The summed E-state index contributed by atoms with van der Waals surface area (Å²) in [4.78, 5) is 26.2. The van der Waals surface area contributed by atoms with Crippen LogP contribution in [0.1, 0.15) is 0 Å². The zero-order valence-corrected chi connectivity index (χ0v) is 18.3. The van der Waals surface area contributed by atoms with Gasteiger partial charge in [-0.1, -0.05) is 23.7 Å². The summed E-state index contributed by atoms with van der Waals surface area (Å²) in [6, 6.07) is 8.31. The lowest BCUT2D eigenvalue weighted by Crippen LogP contribution is -2.23. The second kappa shape index (κ2) is 8.10. The molecule has 34 heavy (non-hydrogen) atoms. The maximum absolute atomic E-state index is 13.7. The summed E-state index contributed by atoms with van der Waals surface area (Å²) in [6.45, 7) is -1.30. The number of nitrogens with one attached hydrogen (secondary N) is 1. The molecule has 4 heterocycles. The average molecular weight is 486 g/mol. The van der Waals surface area contributed by atoms with E-state index in [1.54, 1.807) is 48.3 Å². The molecule has 0 atom stereocenters. The summed E-state index contributed by atoms with van der Waals surface area (Å²) >= 11 is 6.01. The Morgan fingerprint density at radius 3 is 2.56 bits per heavy atom. The van der Waals surface area contributed by atoms with Crippen molar-refractivity contribution in [3.63, 3.8) is 0 Å². The van der Waals surface area contributed by atoms with Crippen molar-refractivity contribution in [2.24, 2.45) is 7.05 Å². The van der Waals surface area contributed by atoms with Gasteiger partial charge >= 0.3 is 6.18 Å². The van der Waals surface area contributed by atoms with Crippen LogP contribution in [0.3, 0.4) is 0 Å². The minimum atomic E-state index is -4.45. The normalized spacial score (nSPS) is 11.9. The van der Waals surface area contributed by atoms with Crippen LogP contribution in [0.5, 0.6) is 0 Å². The fraction of sp³-hybridized carbons (Fsp3) is 0.136. The third kappa shape index (κ3) is 4.17. The molecular formula is C22H15ClF3N7O. The molecule has 0 aliphatic heterocycles. The van der Waals surface area contributed by atoms with Crippen molar-refractivity contribution in [1.29, 1.82) is 0 Å². The van der Waals surface area contributed by atoms with Crippen LogP contribution in [0.2, 0.25) is 5.02 Å². The average Bonchev–Trinajstić information content (AvgIpc) is 3.17. The number of pyridine rings is 2. The Balaban J connectivity index is 1.73. The molecule has 0 saturated heterocycles. The number of aryl methyl sites for hydroxylation is 1. The number of halogens is 4. The molecule has 5 rings (SSSR count). The van der Waals surface area contributed by atoms with Gasteiger partial charge in [0.2, 0.25) is 5.95 Å². The van der Waals surface area contributed by atoms with Crippen LogP contribution in [-0.2, 0) is 7.05 Å². The van der Waals surface area contributed by atoms with Crippen LogP contribution in [0.15, 0.2) is 59.9 Å². The quantitative estimate of drug-likeness (QED) is 0.407. The molecule has 0 radical (unpaired) electrons. The molecule has 0 fully saturated rings. The van der Waals surface area contributed by atoms with Crippen LogP contribution in [-0.4, -0.2) is 42.0 Å². The van der Waals surface area contributed by atoms with Crippen molar-refractivity contribution in [2.75, 3.05) is 11.9 Å². The lowest BCUT2D eigenvalue weighted by Gasteiger charge is -2.13. The topological polar surface area (TPSA) is 90.5 Å². The van der Waals surface area contributed by atoms with E-state index in [9.17, 15) is 18.0 Å². The standard InChI is InChI=1S/C22H15ClF3N7O/c1-32-9-13-6-16(8-27-19(13)31-32)33-10-14-7-28-21(29-11-22(24,25)26)30-18(14)17(20(33)34)12-2-4-15(23)5-3-12/h2-10H,11H2,1H3,(H,29,30). The molecule has 1 aromatic carbocycles. The van der Waals surface area contributed by atoms with Crippen LogP contribution in [0, 0.1) is 0 Å². The van der Waals surface area contributed by atoms with Crippen LogP contribution in [0.4, 0.5) is 19.1 Å². The van der Waals surface area contributed by atoms with E-state index < -0.39 is 18.3 Å². The number of hydrogen-bond acceptors (Lipinski definition) is 6. The number of fused-ring (bicyclic) bond motifs is 2. The highest BCUT2D eigenvalue weighted by Crippen LogP contribution is 2.27. The number of hydrogen-bond donors (Lipinski definition) is 1. The largest absolute Gasteiger partial charge is 0.405 e. The van der Waals surface area contributed by atoms with Crippen molar-refractivity contribution >= 4 is 39.5 Å². The van der Waals surface area contributed by atoms with Gasteiger partial charge in [0, 0.05) is 41.4 Å². The van der Waals surface area contributed by atoms with E-state index in [0.717, 1.165) is 5.39 Å². The van der Waals surface area contributed by atoms with E-state index in [-0.39, 0.29) is 17.0 Å². The van der Waals surface area contributed by atoms with Gasteiger partial charge in [-0.2, -0.15) is 18.3 Å². The van der Waals surface area contributed by atoms with E-state index in [0.29, 0.717) is 27.3 Å². The molecule has 12 heteroatoms. The Hall–Kier alpha value is -3.99. The fourth-order valence-electron chi connectivity index (χ4n) is 3.59. The van der Waals surface area contributed by atoms with Gasteiger partial charge < -0.3 is 5.32 Å². The lowest BCUT2D eigenvalue weighted by molar-refractivity contribution is -0.115. The van der Waals surface area contributed by atoms with Crippen LogP contribution >= 0.6 is 11.6 Å². The van der Waals surface area contributed by atoms with E-state index in [1.807, 2.05) is 0 Å². The Morgan fingerprint density at radius 1 is 1.06 bits per heavy atom. The summed E-state index contributed by atoms with van der Waals surface area (Å²) in [5.74, 6) is -0.240. The molecule has 0 saturated carbocycles. The molecule has 4 aromatic heterocycles. The number of anilines is 1. The predicted octanol–water partition coefficient (Wildman–Crippen LogP) is 4.36. The Labute approximate surface area is 194 Å². The smallest absolute Gasteiger partial charge is 0.345 e. The molecule has 0 aliphatic carbocycles. The molecule has 5 aromatic rings. The van der Waals surface area contributed by atoms with Gasteiger partial charge in [0.1, 0.15) is 6.54 Å². The fourth-order valence-corrected chi connectivity index (χ4v) is 3.72. The Bertz CT molecular complexity index is 1590. The van der Waals surface area contributed by atoms with Crippen molar-refractivity contribution in [3.05, 3.63) is 70.5 Å². The molecule has 0 spiro atoms. The number of nitrogens with zero attached hydrogens (tertiary/aromatic N) is 6. The minimum absolute atomic E-state index is 0.193. The SMILES string of the molecule is Cn1cc2cc(-n3cc4cnc(NCC(F)(F)F)nc4c(-c4ccc(Cl)cc4)c3=O)cnc2n1. The Morgan fingerprint density at radius 2 is 1.82 bits per heavy atom. The first-order valence-electron chi connectivity index (χ1n) is 9.97. The first kappa shape index (κ1) is 21.8. The monoisotopic (exact) mass is 485 g/mol. The van der Waals surface area contributed by atoms with Crippen molar-refractivity contribution < 1.29 is 13.2 Å². The number of alkyl halides is 3. The number of rotatable bonds is 4. The van der Waals surface area contributed by atoms with Crippen LogP contribution in [0.25, 0.3) is 38.8 Å². The maximum Gasteiger partial charge on any atom is 0.405 e. The molecule has 0 aliphatic rings. The first-order valence-corrected chi connectivity index (χ1v) is 10.3. The van der Waals surface area contributed by atoms with Crippen LogP contribution < -0.4 is 10.9 Å². The summed E-state index contributed by atoms with van der Waals surface area (Å²) in [5.41, 5.74) is 1.49. The first-order chi connectivity index (χ1) is 16.2. The molecule has 1 N–H and O–H groups in total. The highest BCUT2D eigenvalue weighted by molar-refractivity contribution is 6.30.